The first-order valence-electron chi connectivity index (χ1n) is 7.78. The lowest BCUT2D eigenvalue weighted by Crippen LogP contribution is -2.40. The molecule has 0 atom stereocenters. The van der Waals surface area contributed by atoms with E-state index in [1.807, 2.05) is 12.1 Å². The molecule has 0 saturated carbocycles. The Morgan fingerprint density at radius 2 is 2.00 bits per heavy atom. The number of hydrogen-bond donors (Lipinski definition) is 1. The number of aliphatic hydroxyl groups is 1. The molecule has 5 nitrogen and oxygen atoms in total. The Balaban J connectivity index is 1.55. The van der Waals surface area contributed by atoms with Gasteiger partial charge in [-0.15, -0.1) is 0 Å². The second kappa shape index (κ2) is 7.15. The van der Waals surface area contributed by atoms with Crippen LogP contribution in [0.3, 0.4) is 0 Å². The van der Waals surface area contributed by atoms with E-state index in [-0.39, 0.29) is 12.0 Å². The SMILES string of the molecule is O=C(CCc1ncc(-c2ccc(Cl)cc2)o1)N1CCC(O)CC1. The number of oxazole rings is 1. The van der Waals surface area contributed by atoms with Gasteiger partial charge in [0.25, 0.3) is 0 Å². The van der Waals surface area contributed by atoms with E-state index in [0.717, 1.165) is 5.56 Å². The van der Waals surface area contributed by atoms with Gasteiger partial charge in [0, 0.05) is 36.5 Å². The molecule has 1 amide bonds. The topological polar surface area (TPSA) is 66.6 Å². The van der Waals surface area contributed by atoms with Gasteiger partial charge < -0.3 is 14.4 Å². The van der Waals surface area contributed by atoms with Crippen LogP contribution in [-0.4, -0.2) is 40.1 Å². The maximum atomic E-state index is 12.2. The zero-order valence-electron chi connectivity index (χ0n) is 12.7. The number of likely N-dealkylation sites (tertiary alicyclic amines) is 1. The summed E-state index contributed by atoms with van der Waals surface area (Å²) in [5.74, 6) is 1.31. The number of aromatic nitrogens is 1. The number of aliphatic hydroxyl groups excluding tert-OH is 1. The monoisotopic (exact) mass is 334 g/mol. The van der Waals surface area contributed by atoms with Crippen LogP contribution < -0.4 is 0 Å². The van der Waals surface area contributed by atoms with Crippen molar-refractivity contribution in [2.75, 3.05) is 13.1 Å². The van der Waals surface area contributed by atoms with E-state index in [1.54, 1.807) is 23.2 Å². The van der Waals surface area contributed by atoms with E-state index < -0.39 is 0 Å². The summed E-state index contributed by atoms with van der Waals surface area (Å²) < 4.78 is 5.70. The van der Waals surface area contributed by atoms with E-state index >= 15 is 0 Å². The molecular weight excluding hydrogens is 316 g/mol. The maximum absolute atomic E-state index is 12.2. The number of benzene rings is 1. The number of aryl methyl sites for hydroxylation is 1. The number of nitrogens with zero attached hydrogens (tertiary/aromatic N) is 2. The van der Waals surface area contributed by atoms with Crippen molar-refractivity contribution in [2.45, 2.75) is 31.8 Å². The molecule has 0 aliphatic carbocycles. The summed E-state index contributed by atoms with van der Waals surface area (Å²) in [6, 6.07) is 7.34. The molecule has 3 rings (SSSR count). The molecule has 2 heterocycles. The second-order valence-electron chi connectivity index (χ2n) is 5.74. The number of carbonyl (C=O) groups is 1. The minimum Gasteiger partial charge on any atom is -0.441 e. The second-order valence-corrected chi connectivity index (χ2v) is 6.17. The van der Waals surface area contributed by atoms with Gasteiger partial charge >= 0.3 is 0 Å². The lowest BCUT2D eigenvalue weighted by atomic mass is 10.1. The highest BCUT2D eigenvalue weighted by Gasteiger charge is 2.21. The van der Waals surface area contributed by atoms with Crippen LogP contribution in [0.2, 0.25) is 5.02 Å². The Hall–Kier alpha value is -1.85. The van der Waals surface area contributed by atoms with Crippen molar-refractivity contribution in [3.63, 3.8) is 0 Å². The summed E-state index contributed by atoms with van der Waals surface area (Å²) in [5.41, 5.74) is 0.907. The van der Waals surface area contributed by atoms with Gasteiger partial charge in [-0.2, -0.15) is 0 Å². The molecule has 1 aliphatic rings. The summed E-state index contributed by atoms with van der Waals surface area (Å²) in [6.45, 7) is 1.25. The maximum Gasteiger partial charge on any atom is 0.223 e. The van der Waals surface area contributed by atoms with Gasteiger partial charge in [-0.05, 0) is 37.1 Å². The summed E-state index contributed by atoms with van der Waals surface area (Å²) in [7, 11) is 0. The molecule has 1 saturated heterocycles. The lowest BCUT2D eigenvalue weighted by Gasteiger charge is -2.29. The van der Waals surface area contributed by atoms with Crippen molar-refractivity contribution >= 4 is 17.5 Å². The number of carbonyl (C=O) groups excluding carboxylic acids is 1. The van der Waals surface area contributed by atoms with E-state index in [4.69, 9.17) is 16.0 Å². The molecule has 6 heteroatoms. The normalized spacial score (nSPS) is 15.8. The van der Waals surface area contributed by atoms with Crippen molar-refractivity contribution in [1.29, 1.82) is 0 Å². The van der Waals surface area contributed by atoms with Crippen molar-refractivity contribution in [3.8, 4) is 11.3 Å². The molecule has 1 aromatic heterocycles. The molecule has 0 radical (unpaired) electrons. The first-order valence-corrected chi connectivity index (χ1v) is 8.16. The average molecular weight is 335 g/mol. The van der Waals surface area contributed by atoms with Crippen LogP contribution in [0.15, 0.2) is 34.9 Å². The fourth-order valence-electron chi connectivity index (χ4n) is 2.66. The van der Waals surface area contributed by atoms with Gasteiger partial charge in [0.2, 0.25) is 5.91 Å². The molecule has 1 N–H and O–H groups in total. The number of halogens is 1. The predicted octanol–water partition coefficient (Wildman–Crippen LogP) is 2.91. The van der Waals surface area contributed by atoms with E-state index in [0.29, 0.717) is 55.4 Å². The minimum atomic E-state index is -0.271. The third kappa shape index (κ3) is 4.12. The highest BCUT2D eigenvalue weighted by Crippen LogP contribution is 2.23. The highest BCUT2D eigenvalue weighted by molar-refractivity contribution is 6.30. The quantitative estimate of drug-likeness (QED) is 0.933. The molecule has 1 fully saturated rings. The molecule has 0 unspecified atom stereocenters. The lowest BCUT2D eigenvalue weighted by molar-refractivity contribution is -0.133. The highest BCUT2D eigenvalue weighted by atomic mass is 35.5. The predicted molar refractivity (Wildman–Crippen MR) is 87.1 cm³/mol. The van der Waals surface area contributed by atoms with Crippen LogP contribution in [0.25, 0.3) is 11.3 Å². The van der Waals surface area contributed by atoms with Gasteiger partial charge in [0.15, 0.2) is 11.7 Å². The smallest absolute Gasteiger partial charge is 0.223 e. The van der Waals surface area contributed by atoms with E-state index in [1.165, 1.54) is 0 Å². The number of rotatable bonds is 4. The molecule has 1 aromatic carbocycles. The average Bonchev–Trinajstić information content (AvgIpc) is 3.03. The Labute approximate surface area is 139 Å². The zero-order valence-corrected chi connectivity index (χ0v) is 13.5. The Bertz CT molecular complexity index is 661. The van der Waals surface area contributed by atoms with Crippen LogP contribution >= 0.6 is 11.6 Å². The molecule has 122 valence electrons. The minimum absolute atomic E-state index is 0.0862. The standard InChI is InChI=1S/C17H19ClN2O3/c18-13-3-1-12(2-4-13)15-11-19-16(23-15)5-6-17(22)20-9-7-14(21)8-10-20/h1-4,11,14,21H,5-10H2. The molecule has 0 spiro atoms. The molecular formula is C17H19ClN2O3. The molecule has 23 heavy (non-hydrogen) atoms. The summed E-state index contributed by atoms with van der Waals surface area (Å²) in [6.07, 6.45) is 3.56. The fraction of sp³-hybridized carbons (Fsp3) is 0.412. The van der Waals surface area contributed by atoms with Crippen LogP contribution in [0.4, 0.5) is 0 Å². The van der Waals surface area contributed by atoms with Crippen LogP contribution in [0, 0.1) is 0 Å². The summed E-state index contributed by atoms with van der Waals surface area (Å²) in [4.78, 5) is 18.2. The first-order chi connectivity index (χ1) is 11.1. The summed E-state index contributed by atoms with van der Waals surface area (Å²) in [5, 5.41) is 10.1. The van der Waals surface area contributed by atoms with Gasteiger partial charge in [-0.25, -0.2) is 4.98 Å². The fourth-order valence-corrected chi connectivity index (χ4v) is 2.79. The van der Waals surface area contributed by atoms with Gasteiger partial charge in [-0.1, -0.05) is 11.6 Å². The van der Waals surface area contributed by atoms with Gasteiger partial charge in [0.05, 0.1) is 12.3 Å². The largest absolute Gasteiger partial charge is 0.441 e. The Morgan fingerprint density at radius 3 is 2.70 bits per heavy atom. The first kappa shape index (κ1) is 16.0. The Morgan fingerprint density at radius 1 is 1.30 bits per heavy atom. The van der Waals surface area contributed by atoms with Crippen molar-refractivity contribution < 1.29 is 14.3 Å². The molecule has 0 bridgehead atoms. The third-order valence-electron chi connectivity index (χ3n) is 4.05. The van der Waals surface area contributed by atoms with Crippen molar-refractivity contribution in [3.05, 3.63) is 41.4 Å². The third-order valence-corrected chi connectivity index (χ3v) is 4.30. The van der Waals surface area contributed by atoms with Crippen molar-refractivity contribution in [1.82, 2.24) is 9.88 Å². The zero-order chi connectivity index (χ0) is 16.2. The van der Waals surface area contributed by atoms with Crippen LogP contribution in [-0.2, 0) is 11.2 Å². The molecule has 1 aliphatic heterocycles. The number of hydrogen-bond acceptors (Lipinski definition) is 4. The van der Waals surface area contributed by atoms with Gasteiger partial charge in [-0.3, -0.25) is 4.79 Å². The Kier molecular flexibility index (Phi) is 4.98. The van der Waals surface area contributed by atoms with Crippen LogP contribution in [0.5, 0.6) is 0 Å². The number of piperidine rings is 1. The van der Waals surface area contributed by atoms with Crippen molar-refractivity contribution in [2.24, 2.45) is 0 Å². The van der Waals surface area contributed by atoms with E-state index in [2.05, 4.69) is 4.98 Å². The van der Waals surface area contributed by atoms with Crippen LogP contribution in [0.1, 0.15) is 25.2 Å². The molecule has 2 aromatic rings. The summed E-state index contributed by atoms with van der Waals surface area (Å²) >= 11 is 5.87. The van der Waals surface area contributed by atoms with E-state index in [9.17, 15) is 9.90 Å². The number of amides is 1. The van der Waals surface area contributed by atoms with Gasteiger partial charge in [0.1, 0.15) is 0 Å².